The van der Waals surface area contributed by atoms with E-state index < -0.39 is 0 Å². The molecule has 0 aromatic heterocycles. The van der Waals surface area contributed by atoms with Gasteiger partial charge in [0.15, 0.2) is 0 Å². The fraction of sp³-hybridized carbons (Fsp3) is 0.588. The number of nitrogens with zero attached hydrogens (tertiary/aromatic N) is 2. The van der Waals surface area contributed by atoms with E-state index in [2.05, 4.69) is 35.2 Å². The van der Waals surface area contributed by atoms with Crippen LogP contribution in [0.15, 0.2) is 18.2 Å². The van der Waals surface area contributed by atoms with Gasteiger partial charge in [-0.2, -0.15) is 0 Å². The van der Waals surface area contributed by atoms with Crippen LogP contribution in [0.25, 0.3) is 0 Å². The molecule has 0 spiro atoms. The summed E-state index contributed by atoms with van der Waals surface area (Å²) in [5.41, 5.74) is 1.90. The number of nitrogens with one attached hydrogen (secondary N) is 1. The molecule has 0 radical (unpaired) electrons. The van der Waals surface area contributed by atoms with E-state index in [1.807, 2.05) is 12.1 Å². The normalized spacial score (nSPS) is 15.7. The maximum atomic E-state index is 12.0. The fourth-order valence-corrected chi connectivity index (χ4v) is 2.61. The molecule has 0 bridgehead atoms. The van der Waals surface area contributed by atoms with Gasteiger partial charge in [0.1, 0.15) is 5.75 Å². The number of hydrogen-bond donors (Lipinski definition) is 1. The molecule has 1 aliphatic heterocycles. The zero-order valence-electron chi connectivity index (χ0n) is 13.9. The van der Waals surface area contributed by atoms with Gasteiger partial charge >= 0.3 is 0 Å². The van der Waals surface area contributed by atoms with Crippen LogP contribution in [0, 0.1) is 0 Å². The molecule has 0 saturated carbocycles. The van der Waals surface area contributed by atoms with E-state index in [1.165, 1.54) is 0 Å². The van der Waals surface area contributed by atoms with Crippen molar-refractivity contribution >= 4 is 17.3 Å². The van der Waals surface area contributed by atoms with Gasteiger partial charge in [0, 0.05) is 38.3 Å². The molecule has 5 nitrogen and oxygen atoms in total. The lowest BCUT2D eigenvalue weighted by Crippen LogP contribution is -2.44. The molecule has 1 heterocycles. The molecule has 1 amide bonds. The average Bonchev–Trinajstić information content (AvgIpc) is 2.53. The van der Waals surface area contributed by atoms with Crippen molar-refractivity contribution in [3.8, 4) is 5.75 Å². The Labute approximate surface area is 133 Å². The minimum atomic E-state index is 0.0516. The third-order valence-corrected chi connectivity index (χ3v) is 4.08. The quantitative estimate of drug-likeness (QED) is 0.877. The van der Waals surface area contributed by atoms with Crippen LogP contribution in [-0.4, -0.2) is 51.1 Å². The molecule has 1 aromatic carbocycles. The standard InChI is InChI=1S/C17H27N3O2/c1-4-5-6-17(21)18-15-13-14(7-8-16(15)22-3)20-11-9-19(2)10-12-20/h7-8,13H,4-6,9-12H2,1-3H3,(H,18,21). The van der Waals surface area contributed by atoms with Crippen molar-refractivity contribution in [1.82, 2.24) is 4.90 Å². The summed E-state index contributed by atoms with van der Waals surface area (Å²) in [6.45, 7) is 6.22. The van der Waals surface area contributed by atoms with Gasteiger partial charge in [0.25, 0.3) is 0 Å². The van der Waals surface area contributed by atoms with Crippen LogP contribution in [0.2, 0.25) is 0 Å². The second kappa shape index (κ2) is 8.03. The first-order valence-electron chi connectivity index (χ1n) is 8.05. The summed E-state index contributed by atoms with van der Waals surface area (Å²) in [5, 5.41) is 2.98. The number of piperazine rings is 1. The highest BCUT2D eigenvalue weighted by molar-refractivity contribution is 5.93. The molecular weight excluding hydrogens is 278 g/mol. The molecule has 22 heavy (non-hydrogen) atoms. The lowest BCUT2D eigenvalue weighted by atomic mass is 10.2. The van der Waals surface area contributed by atoms with Gasteiger partial charge in [0.2, 0.25) is 5.91 Å². The van der Waals surface area contributed by atoms with E-state index in [4.69, 9.17) is 4.74 Å². The van der Waals surface area contributed by atoms with Crippen molar-refractivity contribution in [3.05, 3.63) is 18.2 Å². The van der Waals surface area contributed by atoms with Gasteiger partial charge in [-0.1, -0.05) is 13.3 Å². The zero-order chi connectivity index (χ0) is 15.9. The molecule has 1 saturated heterocycles. The fourth-order valence-electron chi connectivity index (χ4n) is 2.61. The van der Waals surface area contributed by atoms with Crippen molar-refractivity contribution in [2.45, 2.75) is 26.2 Å². The summed E-state index contributed by atoms with van der Waals surface area (Å²) in [5.74, 6) is 0.762. The van der Waals surface area contributed by atoms with E-state index in [0.717, 1.165) is 50.4 Å². The van der Waals surface area contributed by atoms with Crippen molar-refractivity contribution in [1.29, 1.82) is 0 Å². The van der Waals surface area contributed by atoms with Crippen LogP contribution in [0.4, 0.5) is 11.4 Å². The van der Waals surface area contributed by atoms with E-state index in [1.54, 1.807) is 7.11 Å². The summed E-state index contributed by atoms with van der Waals surface area (Å²) >= 11 is 0. The van der Waals surface area contributed by atoms with Gasteiger partial charge in [-0.15, -0.1) is 0 Å². The number of benzene rings is 1. The predicted molar refractivity (Wildman–Crippen MR) is 90.9 cm³/mol. The Morgan fingerprint density at radius 1 is 1.27 bits per heavy atom. The molecule has 5 heteroatoms. The highest BCUT2D eigenvalue weighted by Gasteiger charge is 2.16. The predicted octanol–water partition coefficient (Wildman–Crippen LogP) is 2.58. The van der Waals surface area contributed by atoms with Crippen LogP contribution < -0.4 is 15.0 Å². The maximum absolute atomic E-state index is 12.0. The lowest BCUT2D eigenvalue weighted by Gasteiger charge is -2.34. The van der Waals surface area contributed by atoms with Crippen molar-refractivity contribution in [3.63, 3.8) is 0 Å². The SMILES string of the molecule is CCCCC(=O)Nc1cc(N2CCN(C)CC2)ccc1OC. The first-order chi connectivity index (χ1) is 10.6. The summed E-state index contributed by atoms with van der Waals surface area (Å²) < 4.78 is 5.37. The van der Waals surface area contributed by atoms with Crippen molar-refractivity contribution < 1.29 is 9.53 Å². The number of methoxy groups -OCH3 is 1. The van der Waals surface area contributed by atoms with Crippen LogP contribution in [-0.2, 0) is 4.79 Å². The molecule has 0 atom stereocenters. The monoisotopic (exact) mass is 305 g/mol. The topological polar surface area (TPSA) is 44.8 Å². The minimum Gasteiger partial charge on any atom is -0.495 e. The van der Waals surface area contributed by atoms with E-state index >= 15 is 0 Å². The number of ether oxygens (including phenoxy) is 1. The Kier molecular flexibility index (Phi) is 6.07. The Morgan fingerprint density at radius 3 is 2.64 bits per heavy atom. The molecule has 0 aliphatic carbocycles. The second-order valence-electron chi connectivity index (χ2n) is 5.83. The average molecular weight is 305 g/mol. The molecular formula is C17H27N3O2. The second-order valence-corrected chi connectivity index (χ2v) is 5.83. The first-order valence-corrected chi connectivity index (χ1v) is 8.05. The zero-order valence-corrected chi connectivity index (χ0v) is 13.9. The smallest absolute Gasteiger partial charge is 0.224 e. The summed E-state index contributed by atoms with van der Waals surface area (Å²) in [6, 6.07) is 6.02. The van der Waals surface area contributed by atoms with Gasteiger partial charge in [-0.3, -0.25) is 4.79 Å². The first kappa shape index (κ1) is 16.6. The third-order valence-electron chi connectivity index (χ3n) is 4.08. The van der Waals surface area contributed by atoms with Crippen LogP contribution in [0.5, 0.6) is 5.75 Å². The van der Waals surface area contributed by atoms with E-state index in [0.29, 0.717) is 12.2 Å². The minimum absolute atomic E-state index is 0.0516. The number of unbranched alkanes of at least 4 members (excludes halogenated alkanes) is 1. The molecule has 122 valence electrons. The van der Waals surface area contributed by atoms with Crippen LogP contribution in [0.3, 0.4) is 0 Å². The maximum Gasteiger partial charge on any atom is 0.224 e. The molecule has 1 aliphatic rings. The summed E-state index contributed by atoms with van der Waals surface area (Å²) in [7, 11) is 3.78. The molecule has 2 rings (SSSR count). The lowest BCUT2D eigenvalue weighted by molar-refractivity contribution is -0.116. The van der Waals surface area contributed by atoms with E-state index in [9.17, 15) is 4.79 Å². The van der Waals surface area contributed by atoms with Crippen LogP contribution >= 0.6 is 0 Å². The number of likely N-dealkylation sites (N-methyl/N-ethyl adjacent to an activating group) is 1. The highest BCUT2D eigenvalue weighted by atomic mass is 16.5. The Bertz CT molecular complexity index is 497. The van der Waals surface area contributed by atoms with Crippen molar-refractivity contribution in [2.24, 2.45) is 0 Å². The third kappa shape index (κ3) is 4.37. The molecule has 0 unspecified atom stereocenters. The largest absolute Gasteiger partial charge is 0.495 e. The number of hydrogen-bond acceptors (Lipinski definition) is 4. The van der Waals surface area contributed by atoms with Gasteiger partial charge < -0.3 is 19.9 Å². The highest BCUT2D eigenvalue weighted by Crippen LogP contribution is 2.30. The summed E-state index contributed by atoms with van der Waals surface area (Å²) in [4.78, 5) is 16.7. The molecule has 1 fully saturated rings. The van der Waals surface area contributed by atoms with Gasteiger partial charge in [0.05, 0.1) is 12.8 Å². The Balaban J connectivity index is 2.10. The van der Waals surface area contributed by atoms with Gasteiger partial charge in [-0.05, 0) is 31.7 Å². The Morgan fingerprint density at radius 2 is 2.00 bits per heavy atom. The van der Waals surface area contributed by atoms with E-state index in [-0.39, 0.29) is 5.91 Å². The molecule has 1 aromatic rings. The van der Waals surface area contributed by atoms with Crippen LogP contribution in [0.1, 0.15) is 26.2 Å². The number of carbonyl (C=O) groups is 1. The van der Waals surface area contributed by atoms with Gasteiger partial charge in [-0.25, -0.2) is 0 Å². The molecule has 1 N–H and O–H groups in total. The number of amides is 1. The Hall–Kier alpha value is -1.75. The summed E-state index contributed by atoms with van der Waals surface area (Å²) in [6.07, 6.45) is 2.48. The number of anilines is 2. The van der Waals surface area contributed by atoms with Crippen molar-refractivity contribution in [2.75, 3.05) is 50.6 Å². The number of rotatable bonds is 6. The number of carbonyl (C=O) groups excluding carboxylic acids is 1.